The van der Waals surface area contributed by atoms with Gasteiger partial charge in [-0.2, -0.15) is 0 Å². The highest BCUT2D eigenvalue weighted by Gasteiger charge is 2.16. The molecular formula is C12H24N2O2. The minimum atomic E-state index is 0.134. The Hall–Kier alpha value is -0.610. The van der Waals surface area contributed by atoms with Gasteiger partial charge in [0.05, 0.1) is 12.7 Å². The van der Waals surface area contributed by atoms with E-state index in [9.17, 15) is 4.79 Å². The van der Waals surface area contributed by atoms with Gasteiger partial charge in [-0.3, -0.25) is 4.79 Å². The Balaban J connectivity index is 1.97. The van der Waals surface area contributed by atoms with E-state index in [1.807, 2.05) is 6.92 Å². The van der Waals surface area contributed by atoms with Crippen LogP contribution in [-0.4, -0.2) is 50.2 Å². The summed E-state index contributed by atoms with van der Waals surface area (Å²) in [5.74, 6) is 0.134. The number of piperidine rings is 1. The van der Waals surface area contributed by atoms with Crippen molar-refractivity contribution in [2.24, 2.45) is 0 Å². The van der Waals surface area contributed by atoms with Gasteiger partial charge in [-0.1, -0.05) is 6.92 Å². The molecule has 1 amide bonds. The average molecular weight is 228 g/mol. The Morgan fingerprint density at radius 3 is 2.75 bits per heavy atom. The fourth-order valence-corrected chi connectivity index (χ4v) is 1.88. The molecule has 0 bridgehead atoms. The van der Waals surface area contributed by atoms with Crippen LogP contribution in [0.1, 0.15) is 32.6 Å². The molecule has 0 atom stereocenters. The molecule has 4 nitrogen and oxygen atoms in total. The monoisotopic (exact) mass is 228 g/mol. The molecule has 1 N–H and O–H groups in total. The summed E-state index contributed by atoms with van der Waals surface area (Å²) in [5, 5.41) is 2.86. The molecule has 0 radical (unpaired) electrons. The Labute approximate surface area is 98.3 Å². The fourth-order valence-electron chi connectivity index (χ4n) is 1.88. The van der Waals surface area contributed by atoms with E-state index in [-0.39, 0.29) is 5.91 Å². The quantitative estimate of drug-likeness (QED) is 0.690. The standard InChI is InChI=1S/C12H24N2O2/c1-3-4-12(15)13-7-10-16-11-5-8-14(2)9-6-11/h11H,3-10H2,1-2H3,(H,13,15). The van der Waals surface area contributed by atoms with Gasteiger partial charge >= 0.3 is 0 Å². The van der Waals surface area contributed by atoms with Gasteiger partial charge in [-0.25, -0.2) is 0 Å². The van der Waals surface area contributed by atoms with E-state index in [4.69, 9.17) is 4.74 Å². The molecule has 0 aromatic rings. The van der Waals surface area contributed by atoms with Crippen molar-refractivity contribution in [2.45, 2.75) is 38.7 Å². The summed E-state index contributed by atoms with van der Waals surface area (Å²) >= 11 is 0. The Morgan fingerprint density at radius 1 is 1.44 bits per heavy atom. The largest absolute Gasteiger partial charge is 0.376 e. The Bertz CT molecular complexity index is 201. The van der Waals surface area contributed by atoms with Crippen LogP contribution >= 0.6 is 0 Å². The second-order valence-corrected chi connectivity index (χ2v) is 4.47. The van der Waals surface area contributed by atoms with E-state index < -0.39 is 0 Å². The SMILES string of the molecule is CCCC(=O)NCCOC1CCN(C)CC1. The van der Waals surface area contributed by atoms with E-state index in [2.05, 4.69) is 17.3 Å². The zero-order valence-electron chi connectivity index (χ0n) is 10.5. The normalized spacial score (nSPS) is 18.6. The third-order valence-corrected chi connectivity index (χ3v) is 2.92. The molecule has 16 heavy (non-hydrogen) atoms. The highest BCUT2D eigenvalue weighted by Crippen LogP contribution is 2.11. The number of nitrogens with one attached hydrogen (secondary N) is 1. The van der Waals surface area contributed by atoms with Gasteiger partial charge in [-0.15, -0.1) is 0 Å². The summed E-state index contributed by atoms with van der Waals surface area (Å²) in [6, 6.07) is 0. The summed E-state index contributed by atoms with van der Waals surface area (Å²) in [7, 11) is 2.14. The van der Waals surface area contributed by atoms with Crippen molar-refractivity contribution in [3.05, 3.63) is 0 Å². The first kappa shape index (κ1) is 13.5. The van der Waals surface area contributed by atoms with Gasteiger partial charge in [0.1, 0.15) is 0 Å². The highest BCUT2D eigenvalue weighted by molar-refractivity contribution is 5.75. The molecule has 1 aliphatic heterocycles. The van der Waals surface area contributed by atoms with Crippen LogP contribution in [0, 0.1) is 0 Å². The number of likely N-dealkylation sites (tertiary alicyclic amines) is 1. The number of carbonyl (C=O) groups excluding carboxylic acids is 1. The molecule has 4 heteroatoms. The molecule has 1 fully saturated rings. The lowest BCUT2D eigenvalue weighted by Crippen LogP contribution is -2.35. The molecule has 1 saturated heterocycles. The third kappa shape index (κ3) is 5.47. The first-order valence-corrected chi connectivity index (χ1v) is 6.29. The number of rotatable bonds is 6. The molecule has 0 aromatic heterocycles. The van der Waals surface area contributed by atoms with E-state index >= 15 is 0 Å². The summed E-state index contributed by atoms with van der Waals surface area (Å²) in [6.45, 7) is 5.53. The van der Waals surface area contributed by atoms with Gasteiger partial charge in [-0.05, 0) is 26.3 Å². The molecule has 1 heterocycles. The van der Waals surface area contributed by atoms with Crippen LogP contribution in [-0.2, 0) is 9.53 Å². The van der Waals surface area contributed by atoms with Crippen molar-refractivity contribution in [1.29, 1.82) is 0 Å². The molecule has 0 unspecified atom stereocenters. The summed E-state index contributed by atoms with van der Waals surface area (Å²) < 4.78 is 5.72. The lowest BCUT2D eigenvalue weighted by molar-refractivity contribution is -0.121. The van der Waals surface area contributed by atoms with Gasteiger partial charge in [0.2, 0.25) is 5.91 Å². The van der Waals surface area contributed by atoms with E-state index in [0.717, 1.165) is 32.4 Å². The maximum atomic E-state index is 11.2. The van der Waals surface area contributed by atoms with Crippen molar-refractivity contribution in [1.82, 2.24) is 10.2 Å². The minimum absolute atomic E-state index is 0.134. The Kier molecular flexibility index (Phi) is 6.42. The van der Waals surface area contributed by atoms with Crippen LogP contribution in [0.15, 0.2) is 0 Å². The second-order valence-electron chi connectivity index (χ2n) is 4.47. The van der Waals surface area contributed by atoms with Gasteiger partial charge in [0, 0.05) is 26.1 Å². The van der Waals surface area contributed by atoms with Gasteiger partial charge < -0.3 is 15.0 Å². The van der Waals surface area contributed by atoms with Gasteiger partial charge in [0.25, 0.3) is 0 Å². The minimum Gasteiger partial charge on any atom is -0.376 e. The fraction of sp³-hybridized carbons (Fsp3) is 0.917. The van der Waals surface area contributed by atoms with Crippen molar-refractivity contribution in [2.75, 3.05) is 33.3 Å². The van der Waals surface area contributed by atoms with Crippen molar-refractivity contribution < 1.29 is 9.53 Å². The highest BCUT2D eigenvalue weighted by atomic mass is 16.5. The number of amides is 1. The molecule has 94 valence electrons. The van der Waals surface area contributed by atoms with E-state index in [1.165, 1.54) is 0 Å². The van der Waals surface area contributed by atoms with Crippen LogP contribution in [0.2, 0.25) is 0 Å². The topological polar surface area (TPSA) is 41.6 Å². The maximum absolute atomic E-state index is 11.2. The predicted molar refractivity (Wildman–Crippen MR) is 64.4 cm³/mol. The van der Waals surface area contributed by atoms with Crippen LogP contribution in [0.5, 0.6) is 0 Å². The number of carbonyl (C=O) groups is 1. The molecule has 0 spiro atoms. The molecule has 0 aliphatic carbocycles. The zero-order chi connectivity index (χ0) is 11.8. The van der Waals surface area contributed by atoms with Crippen LogP contribution in [0.25, 0.3) is 0 Å². The molecule has 0 aromatic carbocycles. The molecule has 1 rings (SSSR count). The summed E-state index contributed by atoms with van der Waals surface area (Å²) in [6.07, 6.45) is 4.13. The lowest BCUT2D eigenvalue weighted by atomic mass is 10.1. The third-order valence-electron chi connectivity index (χ3n) is 2.92. The van der Waals surface area contributed by atoms with Crippen molar-refractivity contribution in [3.8, 4) is 0 Å². The number of hydrogen-bond donors (Lipinski definition) is 1. The predicted octanol–water partition coefficient (Wildman–Crippen LogP) is 1.01. The summed E-state index contributed by atoms with van der Waals surface area (Å²) in [5.41, 5.74) is 0. The lowest BCUT2D eigenvalue weighted by Gasteiger charge is -2.28. The zero-order valence-corrected chi connectivity index (χ0v) is 10.5. The van der Waals surface area contributed by atoms with Crippen LogP contribution in [0.3, 0.4) is 0 Å². The first-order valence-electron chi connectivity index (χ1n) is 6.29. The number of ether oxygens (including phenoxy) is 1. The van der Waals surface area contributed by atoms with E-state index in [1.54, 1.807) is 0 Å². The number of hydrogen-bond acceptors (Lipinski definition) is 3. The number of nitrogens with zero attached hydrogens (tertiary/aromatic N) is 1. The van der Waals surface area contributed by atoms with Crippen LogP contribution in [0.4, 0.5) is 0 Å². The Morgan fingerprint density at radius 2 is 2.12 bits per heavy atom. The molecule has 0 saturated carbocycles. The first-order chi connectivity index (χ1) is 7.72. The van der Waals surface area contributed by atoms with E-state index in [0.29, 0.717) is 25.7 Å². The summed E-state index contributed by atoms with van der Waals surface area (Å²) in [4.78, 5) is 13.5. The smallest absolute Gasteiger partial charge is 0.220 e. The maximum Gasteiger partial charge on any atom is 0.220 e. The van der Waals surface area contributed by atoms with Crippen molar-refractivity contribution in [3.63, 3.8) is 0 Å². The molecule has 1 aliphatic rings. The van der Waals surface area contributed by atoms with Gasteiger partial charge in [0.15, 0.2) is 0 Å². The second kappa shape index (κ2) is 7.63. The average Bonchev–Trinajstić information content (AvgIpc) is 2.27. The molecular weight excluding hydrogens is 204 g/mol. The van der Waals surface area contributed by atoms with Crippen molar-refractivity contribution >= 4 is 5.91 Å². The van der Waals surface area contributed by atoms with Crippen LogP contribution < -0.4 is 5.32 Å².